The van der Waals surface area contributed by atoms with Gasteiger partial charge in [0, 0.05) is 22.4 Å². The van der Waals surface area contributed by atoms with Gasteiger partial charge in [-0.1, -0.05) is 206 Å². The Morgan fingerprint density at radius 1 is 0.284 bits per heavy atom. The van der Waals surface area contributed by atoms with Crippen LogP contribution in [0.3, 0.4) is 0 Å². The van der Waals surface area contributed by atoms with Crippen LogP contribution in [-0.4, -0.2) is 0 Å². The lowest BCUT2D eigenvalue weighted by atomic mass is 9.65. The molecule has 1 atom stereocenters. The Balaban J connectivity index is 1.12. The lowest BCUT2D eigenvalue weighted by molar-refractivity contribution is 0.489. The second kappa shape index (κ2) is 14.7. The first-order valence-electron chi connectivity index (χ1n) is 23.2. The fraction of sp³-hybridized carbons (Fsp3) is 0.0154. The molecule has 1 aliphatic heterocycles. The van der Waals surface area contributed by atoms with E-state index >= 15 is 0 Å². The number of fused-ring (bicyclic) bond motifs is 18. The van der Waals surface area contributed by atoms with Crippen molar-refractivity contribution in [1.29, 1.82) is 0 Å². The van der Waals surface area contributed by atoms with Crippen molar-refractivity contribution in [3.8, 4) is 78.3 Å². The van der Waals surface area contributed by atoms with E-state index in [9.17, 15) is 0 Å². The van der Waals surface area contributed by atoms with Crippen LogP contribution in [0.2, 0.25) is 0 Å². The normalized spacial score (nSPS) is 14.4. The van der Waals surface area contributed by atoms with E-state index < -0.39 is 5.41 Å². The lowest BCUT2D eigenvalue weighted by Gasteiger charge is -2.37. The molecule has 312 valence electrons. The zero-order chi connectivity index (χ0) is 44.1. The molecule has 3 aliphatic rings. The Morgan fingerprint density at radius 2 is 0.761 bits per heavy atom. The Labute approximate surface area is 390 Å². The molecule has 0 aromatic heterocycles. The molecule has 0 radical (unpaired) electrons. The molecule has 2 aliphatic carbocycles. The standard InChI is InChI=1S/C65H41NO/c1-2-19-42(20-3-1)46-23-12-16-34-61(46)66(62-35-18-31-55-50-27-9-8-26-49(50)54-30-13-17-36-63(54)67-64(55)62)45-37-38-53-48-25-7-6-24-47(48)51-28-10-14-32-57(51)65(60(53)41-45)58-33-15-11-29-52(58)56-39-43-21-4-5-22-44(43)40-59(56)65/h1-41H. The monoisotopic (exact) mass is 851 g/mol. The smallest absolute Gasteiger partial charge is 0.159 e. The molecule has 0 saturated heterocycles. The van der Waals surface area contributed by atoms with E-state index in [1.54, 1.807) is 0 Å². The molecule has 0 N–H and O–H groups in total. The molecule has 67 heavy (non-hydrogen) atoms. The molecule has 2 heteroatoms. The van der Waals surface area contributed by atoms with E-state index in [-0.39, 0.29) is 0 Å². The van der Waals surface area contributed by atoms with Crippen molar-refractivity contribution in [2.45, 2.75) is 5.41 Å². The SMILES string of the molecule is c1ccc(-c2ccccc2N(c2ccc3c(c2)C2(c4ccccc4-c4ccccc4-3)c3ccccc3-c3cc4ccccc4cc32)c2cccc3c2Oc2ccccc2-c2ccccc2-3)cc1. The van der Waals surface area contributed by atoms with Gasteiger partial charge in [0.25, 0.3) is 0 Å². The number of rotatable bonds is 4. The van der Waals surface area contributed by atoms with Gasteiger partial charge in [-0.2, -0.15) is 0 Å². The maximum absolute atomic E-state index is 7.30. The molecule has 0 saturated carbocycles. The van der Waals surface area contributed by atoms with Gasteiger partial charge in [0.1, 0.15) is 5.75 Å². The topological polar surface area (TPSA) is 12.5 Å². The summed E-state index contributed by atoms with van der Waals surface area (Å²) in [6, 6.07) is 91.6. The van der Waals surface area contributed by atoms with Crippen molar-refractivity contribution in [2.75, 3.05) is 4.90 Å². The number of para-hydroxylation sites is 3. The summed E-state index contributed by atoms with van der Waals surface area (Å²) in [5, 5.41) is 2.47. The van der Waals surface area contributed by atoms with Crippen LogP contribution in [0.25, 0.3) is 77.5 Å². The molecule has 14 rings (SSSR count). The van der Waals surface area contributed by atoms with Crippen molar-refractivity contribution in [3.63, 3.8) is 0 Å². The van der Waals surface area contributed by atoms with Crippen LogP contribution < -0.4 is 9.64 Å². The summed E-state index contributed by atoms with van der Waals surface area (Å²) in [6.45, 7) is 0. The Kier molecular flexibility index (Phi) is 8.23. The van der Waals surface area contributed by atoms with Crippen LogP contribution >= 0.6 is 0 Å². The van der Waals surface area contributed by atoms with Gasteiger partial charge in [-0.25, -0.2) is 0 Å². The summed E-state index contributed by atoms with van der Waals surface area (Å²) in [4.78, 5) is 2.45. The first-order valence-corrected chi connectivity index (χ1v) is 23.2. The largest absolute Gasteiger partial charge is 0.454 e. The number of hydrogen-bond acceptors (Lipinski definition) is 2. The predicted molar refractivity (Wildman–Crippen MR) is 277 cm³/mol. The first kappa shape index (κ1) is 37.6. The summed E-state index contributed by atoms with van der Waals surface area (Å²) in [6.07, 6.45) is 0. The average Bonchev–Trinajstić information content (AvgIpc) is 3.51. The quantitative estimate of drug-likeness (QED) is 0.175. The average molecular weight is 852 g/mol. The minimum atomic E-state index is -0.677. The zero-order valence-corrected chi connectivity index (χ0v) is 36.5. The molecule has 0 fully saturated rings. The van der Waals surface area contributed by atoms with Crippen molar-refractivity contribution < 1.29 is 4.74 Å². The molecule has 0 amide bonds. The van der Waals surface area contributed by atoms with E-state index in [0.29, 0.717) is 0 Å². The molecule has 11 aromatic rings. The van der Waals surface area contributed by atoms with Gasteiger partial charge in [-0.3, -0.25) is 0 Å². The van der Waals surface area contributed by atoms with E-state index in [4.69, 9.17) is 4.74 Å². The van der Waals surface area contributed by atoms with Crippen LogP contribution in [0.4, 0.5) is 17.1 Å². The van der Waals surface area contributed by atoms with Gasteiger partial charge in [0.15, 0.2) is 5.75 Å². The summed E-state index contributed by atoms with van der Waals surface area (Å²) >= 11 is 0. The Bertz CT molecular complexity index is 3810. The highest BCUT2D eigenvalue weighted by Gasteiger charge is 2.50. The summed E-state index contributed by atoms with van der Waals surface area (Å²) < 4.78 is 7.30. The molecule has 1 unspecified atom stereocenters. The van der Waals surface area contributed by atoms with Gasteiger partial charge < -0.3 is 9.64 Å². The first-order chi connectivity index (χ1) is 33.3. The third kappa shape index (κ3) is 5.45. The molecular formula is C65H41NO. The molecule has 1 heterocycles. The van der Waals surface area contributed by atoms with Gasteiger partial charge in [0.2, 0.25) is 0 Å². The fourth-order valence-corrected chi connectivity index (χ4v) is 11.7. The summed E-state index contributed by atoms with van der Waals surface area (Å²) in [5.74, 6) is 1.64. The van der Waals surface area contributed by atoms with Crippen molar-refractivity contribution >= 4 is 27.8 Å². The number of hydrogen-bond donors (Lipinski definition) is 0. The van der Waals surface area contributed by atoms with E-state index in [1.807, 2.05) is 0 Å². The molecular weight excluding hydrogens is 811 g/mol. The van der Waals surface area contributed by atoms with Crippen molar-refractivity contribution in [3.05, 3.63) is 271 Å². The van der Waals surface area contributed by atoms with E-state index in [0.717, 1.165) is 61.9 Å². The van der Waals surface area contributed by atoms with Crippen LogP contribution in [0.15, 0.2) is 249 Å². The molecule has 1 spiro atoms. The number of anilines is 3. The highest BCUT2D eigenvalue weighted by Crippen LogP contribution is 2.63. The van der Waals surface area contributed by atoms with E-state index in [1.165, 1.54) is 66.4 Å². The van der Waals surface area contributed by atoms with Crippen molar-refractivity contribution in [2.24, 2.45) is 0 Å². The second-order valence-electron chi connectivity index (χ2n) is 17.9. The Morgan fingerprint density at radius 3 is 1.48 bits per heavy atom. The van der Waals surface area contributed by atoms with Gasteiger partial charge in [-0.15, -0.1) is 0 Å². The third-order valence-corrected chi connectivity index (χ3v) is 14.5. The maximum atomic E-state index is 7.30. The number of ether oxygens (including phenoxy) is 1. The number of benzene rings is 11. The zero-order valence-electron chi connectivity index (χ0n) is 36.5. The Hall–Kier alpha value is -8.72. The predicted octanol–water partition coefficient (Wildman–Crippen LogP) is 17.4. The van der Waals surface area contributed by atoms with E-state index in [2.05, 4.69) is 254 Å². The maximum Gasteiger partial charge on any atom is 0.159 e. The van der Waals surface area contributed by atoms with Gasteiger partial charge >= 0.3 is 0 Å². The van der Waals surface area contributed by atoms with Crippen LogP contribution in [0.5, 0.6) is 11.5 Å². The highest BCUT2D eigenvalue weighted by atomic mass is 16.5. The fourth-order valence-electron chi connectivity index (χ4n) is 11.7. The van der Waals surface area contributed by atoms with Crippen LogP contribution in [-0.2, 0) is 5.41 Å². The summed E-state index contributed by atoms with van der Waals surface area (Å²) in [7, 11) is 0. The van der Waals surface area contributed by atoms with Crippen LogP contribution in [0.1, 0.15) is 22.3 Å². The minimum absolute atomic E-state index is 0.677. The molecule has 0 bridgehead atoms. The van der Waals surface area contributed by atoms with Crippen molar-refractivity contribution in [1.82, 2.24) is 0 Å². The van der Waals surface area contributed by atoms with Gasteiger partial charge in [0.05, 0.1) is 16.8 Å². The molecule has 11 aromatic carbocycles. The van der Waals surface area contributed by atoms with Crippen LogP contribution in [0, 0.1) is 0 Å². The summed E-state index contributed by atoms with van der Waals surface area (Å²) in [5.41, 5.74) is 21.6. The minimum Gasteiger partial charge on any atom is -0.454 e. The van der Waals surface area contributed by atoms with Gasteiger partial charge in [-0.05, 0) is 126 Å². The second-order valence-corrected chi connectivity index (χ2v) is 17.9. The number of nitrogens with zero attached hydrogens (tertiary/aromatic N) is 1. The highest BCUT2D eigenvalue weighted by molar-refractivity contribution is 6.03. The third-order valence-electron chi connectivity index (χ3n) is 14.5. The lowest BCUT2D eigenvalue weighted by Crippen LogP contribution is -2.29. The molecule has 2 nitrogen and oxygen atoms in total.